The van der Waals surface area contributed by atoms with Crippen molar-refractivity contribution in [1.29, 1.82) is 0 Å². The standard InChI is InChI=1S/C15H30N2O2/c1-5-13-9-7-6-8-10-17(13)12(2)11-15(3,16-4)14(18)19/h12-13,16H,5-11H2,1-4H3,(H,18,19). The van der Waals surface area contributed by atoms with Gasteiger partial charge in [0.05, 0.1) is 0 Å². The minimum absolute atomic E-state index is 0.302. The molecule has 112 valence electrons. The zero-order valence-electron chi connectivity index (χ0n) is 12.9. The van der Waals surface area contributed by atoms with E-state index < -0.39 is 11.5 Å². The highest BCUT2D eigenvalue weighted by molar-refractivity contribution is 5.78. The van der Waals surface area contributed by atoms with E-state index in [4.69, 9.17) is 0 Å². The van der Waals surface area contributed by atoms with Crippen LogP contribution >= 0.6 is 0 Å². The van der Waals surface area contributed by atoms with Gasteiger partial charge in [-0.25, -0.2) is 0 Å². The average Bonchev–Trinajstić information content (AvgIpc) is 2.63. The molecule has 1 fully saturated rings. The molecule has 4 heteroatoms. The van der Waals surface area contributed by atoms with Gasteiger partial charge in [-0.15, -0.1) is 0 Å². The Labute approximate surface area is 117 Å². The van der Waals surface area contributed by atoms with E-state index in [0.29, 0.717) is 18.5 Å². The number of likely N-dealkylation sites (N-methyl/N-ethyl adjacent to an activating group) is 1. The van der Waals surface area contributed by atoms with Crippen molar-refractivity contribution in [2.45, 2.75) is 76.9 Å². The van der Waals surface area contributed by atoms with Crippen LogP contribution in [-0.2, 0) is 4.79 Å². The van der Waals surface area contributed by atoms with Gasteiger partial charge in [0, 0.05) is 12.1 Å². The first-order chi connectivity index (χ1) is 8.94. The van der Waals surface area contributed by atoms with Crippen LogP contribution in [0.4, 0.5) is 0 Å². The van der Waals surface area contributed by atoms with E-state index in [1.165, 1.54) is 25.7 Å². The average molecular weight is 270 g/mol. The third-order valence-corrected chi connectivity index (χ3v) is 4.69. The molecular weight excluding hydrogens is 240 g/mol. The molecule has 4 nitrogen and oxygen atoms in total. The van der Waals surface area contributed by atoms with Crippen LogP contribution in [0.5, 0.6) is 0 Å². The fraction of sp³-hybridized carbons (Fsp3) is 0.933. The molecule has 1 aliphatic heterocycles. The third-order valence-electron chi connectivity index (χ3n) is 4.69. The summed E-state index contributed by atoms with van der Waals surface area (Å²) in [6.07, 6.45) is 6.92. The fourth-order valence-corrected chi connectivity index (χ4v) is 3.22. The van der Waals surface area contributed by atoms with Crippen LogP contribution in [0.15, 0.2) is 0 Å². The Bertz CT molecular complexity index is 296. The first-order valence-corrected chi connectivity index (χ1v) is 7.62. The number of likely N-dealkylation sites (tertiary alicyclic amines) is 1. The minimum atomic E-state index is -0.829. The summed E-state index contributed by atoms with van der Waals surface area (Å²) in [4.78, 5) is 13.9. The second-order valence-corrected chi connectivity index (χ2v) is 6.09. The summed E-state index contributed by atoms with van der Waals surface area (Å²) in [5.41, 5.74) is -0.829. The number of nitrogens with zero attached hydrogens (tertiary/aromatic N) is 1. The van der Waals surface area contributed by atoms with Crippen molar-refractivity contribution in [3.8, 4) is 0 Å². The molecule has 0 spiro atoms. The molecule has 3 atom stereocenters. The van der Waals surface area contributed by atoms with E-state index in [9.17, 15) is 9.90 Å². The van der Waals surface area contributed by atoms with Crippen LogP contribution in [0.3, 0.4) is 0 Å². The molecule has 1 rings (SSSR count). The molecule has 1 aliphatic rings. The van der Waals surface area contributed by atoms with Crippen molar-refractivity contribution < 1.29 is 9.90 Å². The molecule has 0 saturated carbocycles. The van der Waals surface area contributed by atoms with Gasteiger partial charge >= 0.3 is 5.97 Å². The number of carbonyl (C=O) groups is 1. The number of nitrogens with one attached hydrogen (secondary N) is 1. The van der Waals surface area contributed by atoms with Crippen LogP contribution in [0, 0.1) is 0 Å². The molecule has 0 aromatic rings. The highest BCUT2D eigenvalue weighted by Crippen LogP contribution is 2.25. The van der Waals surface area contributed by atoms with E-state index in [1.54, 1.807) is 14.0 Å². The van der Waals surface area contributed by atoms with Crippen molar-refractivity contribution in [2.24, 2.45) is 0 Å². The smallest absolute Gasteiger partial charge is 0.323 e. The Morgan fingerprint density at radius 1 is 1.47 bits per heavy atom. The lowest BCUT2D eigenvalue weighted by Gasteiger charge is -2.38. The molecule has 1 saturated heterocycles. The first kappa shape index (κ1) is 16.4. The van der Waals surface area contributed by atoms with Gasteiger partial charge in [-0.3, -0.25) is 9.69 Å². The molecule has 2 N–H and O–H groups in total. The van der Waals surface area contributed by atoms with Gasteiger partial charge < -0.3 is 10.4 Å². The summed E-state index contributed by atoms with van der Waals surface area (Å²) in [6, 6.07) is 0.920. The summed E-state index contributed by atoms with van der Waals surface area (Å²) < 4.78 is 0. The number of carboxylic acid groups (broad SMARTS) is 1. The second kappa shape index (κ2) is 7.25. The lowest BCUT2D eigenvalue weighted by Crippen LogP contribution is -2.53. The molecule has 0 bridgehead atoms. The largest absolute Gasteiger partial charge is 0.480 e. The fourth-order valence-electron chi connectivity index (χ4n) is 3.22. The van der Waals surface area contributed by atoms with Gasteiger partial charge in [-0.1, -0.05) is 19.8 Å². The monoisotopic (exact) mass is 270 g/mol. The van der Waals surface area contributed by atoms with E-state index in [0.717, 1.165) is 13.0 Å². The molecule has 1 heterocycles. The Kier molecular flexibility index (Phi) is 6.27. The van der Waals surface area contributed by atoms with Gasteiger partial charge in [0.2, 0.25) is 0 Å². The lowest BCUT2D eigenvalue weighted by atomic mass is 9.92. The topological polar surface area (TPSA) is 52.6 Å². The van der Waals surface area contributed by atoms with Crippen LogP contribution in [-0.4, -0.2) is 47.2 Å². The third kappa shape index (κ3) is 4.18. The second-order valence-electron chi connectivity index (χ2n) is 6.09. The number of hydrogen-bond donors (Lipinski definition) is 2. The maximum Gasteiger partial charge on any atom is 0.323 e. The SMILES string of the molecule is CCC1CCCCCN1C(C)CC(C)(NC)C(=O)O. The predicted molar refractivity (Wildman–Crippen MR) is 78.4 cm³/mol. The summed E-state index contributed by atoms with van der Waals surface area (Å²) in [7, 11) is 1.74. The van der Waals surface area contributed by atoms with Crippen molar-refractivity contribution in [3.63, 3.8) is 0 Å². The molecule has 0 amide bonds. The molecule has 3 unspecified atom stereocenters. The number of hydrogen-bond acceptors (Lipinski definition) is 3. The van der Waals surface area contributed by atoms with Crippen LogP contribution < -0.4 is 5.32 Å². The van der Waals surface area contributed by atoms with Gasteiger partial charge in [0.25, 0.3) is 0 Å². The van der Waals surface area contributed by atoms with E-state index in [1.807, 2.05) is 0 Å². The number of carboxylic acids is 1. The zero-order valence-corrected chi connectivity index (χ0v) is 12.9. The zero-order chi connectivity index (χ0) is 14.5. The van der Waals surface area contributed by atoms with Crippen molar-refractivity contribution in [1.82, 2.24) is 10.2 Å². The van der Waals surface area contributed by atoms with Gasteiger partial charge in [-0.2, -0.15) is 0 Å². The highest BCUT2D eigenvalue weighted by Gasteiger charge is 2.36. The number of rotatable bonds is 6. The predicted octanol–water partition coefficient (Wildman–Crippen LogP) is 2.48. The normalized spacial score (nSPS) is 26.4. The van der Waals surface area contributed by atoms with Crippen LogP contribution in [0.25, 0.3) is 0 Å². The first-order valence-electron chi connectivity index (χ1n) is 7.62. The molecule has 0 radical (unpaired) electrons. The van der Waals surface area contributed by atoms with Crippen molar-refractivity contribution >= 4 is 5.97 Å². The Morgan fingerprint density at radius 3 is 2.68 bits per heavy atom. The highest BCUT2D eigenvalue weighted by atomic mass is 16.4. The minimum Gasteiger partial charge on any atom is -0.480 e. The molecule has 19 heavy (non-hydrogen) atoms. The van der Waals surface area contributed by atoms with Crippen molar-refractivity contribution in [3.05, 3.63) is 0 Å². The Balaban J connectivity index is 2.73. The van der Waals surface area contributed by atoms with E-state index in [-0.39, 0.29) is 0 Å². The maximum absolute atomic E-state index is 11.4. The summed E-state index contributed by atoms with van der Waals surface area (Å²) >= 11 is 0. The molecule has 0 aromatic heterocycles. The number of aliphatic carboxylic acids is 1. The van der Waals surface area contributed by atoms with Crippen LogP contribution in [0.2, 0.25) is 0 Å². The summed E-state index contributed by atoms with van der Waals surface area (Å²) in [6.45, 7) is 7.31. The Morgan fingerprint density at radius 2 is 2.16 bits per heavy atom. The lowest BCUT2D eigenvalue weighted by molar-refractivity contribution is -0.144. The quantitative estimate of drug-likeness (QED) is 0.778. The van der Waals surface area contributed by atoms with Crippen molar-refractivity contribution in [2.75, 3.05) is 13.6 Å². The molecular formula is C15H30N2O2. The summed E-state index contributed by atoms with van der Waals surface area (Å²) in [5, 5.41) is 12.3. The maximum atomic E-state index is 11.4. The molecule has 0 aromatic carbocycles. The van der Waals surface area contributed by atoms with Gasteiger partial charge in [-0.05, 0) is 53.1 Å². The Hall–Kier alpha value is -0.610. The molecule has 0 aliphatic carbocycles. The van der Waals surface area contributed by atoms with Crippen LogP contribution in [0.1, 0.15) is 59.3 Å². The summed E-state index contributed by atoms with van der Waals surface area (Å²) in [5.74, 6) is -0.760. The van der Waals surface area contributed by atoms with E-state index in [2.05, 4.69) is 24.1 Å². The van der Waals surface area contributed by atoms with E-state index >= 15 is 0 Å². The van der Waals surface area contributed by atoms with Gasteiger partial charge in [0.15, 0.2) is 0 Å². The van der Waals surface area contributed by atoms with Gasteiger partial charge in [0.1, 0.15) is 5.54 Å².